The highest BCUT2D eigenvalue weighted by Crippen LogP contribution is 2.32. The van der Waals surface area contributed by atoms with Crippen LogP contribution in [0.1, 0.15) is 24.0 Å². The van der Waals surface area contributed by atoms with Gasteiger partial charge in [-0.05, 0) is 56.5 Å². The molecule has 0 bridgehead atoms. The maximum atomic E-state index is 13.2. The molecule has 0 unspecified atom stereocenters. The monoisotopic (exact) mass is 232 g/mol. The molecule has 1 fully saturated rings. The molecule has 0 aromatic heterocycles. The molecule has 0 atom stereocenters. The molecular formula is C14H17FN2. The van der Waals surface area contributed by atoms with E-state index in [0.717, 1.165) is 37.9 Å². The first-order chi connectivity index (χ1) is 8.15. The van der Waals surface area contributed by atoms with Crippen molar-refractivity contribution < 1.29 is 4.39 Å². The van der Waals surface area contributed by atoms with Gasteiger partial charge in [0.2, 0.25) is 0 Å². The molecule has 0 amide bonds. The van der Waals surface area contributed by atoms with Crippen molar-refractivity contribution in [2.45, 2.75) is 26.2 Å². The first-order valence-corrected chi connectivity index (χ1v) is 6.02. The zero-order chi connectivity index (χ0) is 12.3. The zero-order valence-corrected chi connectivity index (χ0v) is 10.1. The number of benzene rings is 1. The lowest BCUT2D eigenvalue weighted by atomic mass is 9.75. The number of hydrogen-bond donors (Lipinski definition) is 1. The van der Waals surface area contributed by atoms with Crippen LogP contribution < -0.4 is 5.32 Å². The Balaban J connectivity index is 2.18. The molecule has 1 aromatic carbocycles. The summed E-state index contributed by atoms with van der Waals surface area (Å²) in [7, 11) is 0. The number of rotatable bonds is 2. The molecule has 0 aliphatic carbocycles. The fourth-order valence-electron chi connectivity index (χ4n) is 2.44. The summed E-state index contributed by atoms with van der Waals surface area (Å²) in [5.41, 5.74) is 1.45. The van der Waals surface area contributed by atoms with Gasteiger partial charge in [0, 0.05) is 0 Å². The fraction of sp³-hybridized carbons (Fsp3) is 0.500. The lowest BCUT2D eigenvalue weighted by molar-refractivity contribution is 0.280. The lowest BCUT2D eigenvalue weighted by Crippen LogP contribution is -2.37. The molecule has 1 N–H and O–H groups in total. The van der Waals surface area contributed by atoms with E-state index in [9.17, 15) is 9.65 Å². The van der Waals surface area contributed by atoms with Gasteiger partial charge in [-0.3, -0.25) is 0 Å². The SMILES string of the molecule is Cc1cc(CC2(C#N)CCNCC2)ccc1F. The minimum atomic E-state index is -0.268. The molecule has 17 heavy (non-hydrogen) atoms. The van der Waals surface area contributed by atoms with Gasteiger partial charge in [0.15, 0.2) is 0 Å². The third kappa shape index (κ3) is 2.65. The second-order valence-electron chi connectivity index (χ2n) is 4.90. The van der Waals surface area contributed by atoms with Crippen molar-refractivity contribution in [3.63, 3.8) is 0 Å². The Hall–Kier alpha value is -1.40. The standard InChI is InChI=1S/C14H17FN2/c1-11-8-12(2-3-13(11)15)9-14(10-16)4-6-17-7-5-14/h2-3,8,17H,4-7,9H2,1H3. The van der Waals surface area contributed by atoms with E-state index in [2.05, 4.69) is 11.4 Å². The van der Waals surface area contributed by atoms with Crippen molar-refractivity contribution in [1.82, 2.24) is 5.32 Å². The Bertz CT molecular complexity index is 442. The summed E-state index contributed by atoms with van der Waals surface area (Å²) < 4.78 is 13.2. The van der Waals surface area contributed by atoms with Crippen molar-refractivity contribution in [2.24, 2.45) is 5.41 Å². The minimum absolute atomic E-state index is 0.176. The van der Waals surface area contributed by atoms with Crippen molar-refractivity contribution in [1.29, 1.82) is 5.26 Å². The number of nitrogens with one attached hydrogen (secondary N) is 1. The quantitative estimate of drug-likeness (QED) is 0.850. The maximum absolute atomic E-state index is 13.2. The van der Waals surface area contributed by atoms with Crippen LogP contribution in [0.15, 0.2) is 18.2 Å². The van der Waals surface area contributed by atoms with Crippen molar-refractivity contribution in [3.8, 4) is 6.07 Å². The molecule has 1 aromatic rings. The van der Waals surface area contributed by atoms with Gasteiger partial charge in [-0.2, -0.15) is 5.26 Å². The second kappa shape index (κ2) is 4.85. The van der Waals surface area contributed by atoms with Gasteiger partial charge in [-0.1, -0.05) is 12.1 Å². The summed E-state index contributed by atoms with van der Waals surface area (Å²) in [6.07, 6.45) is 2.48. The normalized spacial score (nSPS) is 18.6. The van der Waals surface area contributed by atoms with Gasteiger partial charge in [0.1, 0.15) is 5.82 Å². The highest BCUT2D eigenvalue weighted by atomic mass is 19.1. The van der Waals surface area contributed by atoms with Crippen LogP contribution in [0.4, 0.5) is 4.39 Å². The fourth-order valence-corrected chi connectivity index (χ4v) is 2.44. The lowest BCUT2D eigenvalue weighted by Gasteiger charge is -2.31. The van der Waals surface area contributed by atoms with E-state index >= 15 is 0 Å². The van der Waals surface area contributed by atoms with E-state index in [0.29, 0.717) is 5.56 Å². The molecule has 0 radical (unpaired) electrons. The molecular weight excluding hydrogens is 215 g/mol. The van der Waals surface area contributed by atoms with Crippen LogP contribution in [0.3, 0.4) is 0 Å². The predicted molar refractivity (Wildman–Crippen MR) is 65.0 cm³/mol. The Kier molecular flexibility index (Phi) is 3.44. The first kappa shape index (κ1) is 12.1. The van der Waals surface area contributed by atoms with Crippen LogP contribution in [-0.4, -0.2) is 13.1 Å². The van der Waals surface area contributed by atoms with Crippen molar-refractivity contribution in [3.05, 3.63) is 35.1 Å². The van der Waals surface area contributed by atoms with Gasteiger partial charge in [0.25, 0.3) is 0 Å². The summed E-state index contributed by atoms with van der Waals surface area (Å²) in [6.45, 7) is 3.56. The molecule has 0 spiro atoms. The average molecular weight is 232 g/mol. The number of nitrogens with zero attached hydrogens (tertiary/aromatic N) is 1. The van der Waals surface area contributed by atoms with E-state index in [1.807, 2.05) is 6.07 Å². The highest BCUT2D eigenvalue weighted by Gasteiger charge is 2.32. The number of nitriles is 1. The van der Waals surface area contributed by atoms with Gasteiger partial charge >= 0.3 is 0 Å². The largest absolute Gasteiger partial charge is 0.317 e. The Morgan fingerprint density at radius 1 is 1.41 bits per heavy atom. The topological polar surface area (TPSA) is 35.8 Å². The van der Waals surface area contributed by atoms with E-state index in [1.165, 1.54) is 6.07 Å². The molecule has 2 rings (SSSR count). The van der Waals surface area contributed by atoms with Crippen molar-refractivity contribution in [2.75, 3.05) is 13.1 Å². The maximum Gasteiger partial charge on any atom is 0.126 e. The molecule has 1 aliphatic heterocycles. The third-order valence-corrected chi connectivity index (χ3v) is 3.56. The van der Waals surface area contributed by atoms with Crippen LogP contribution in [0, 0.1) is 29.5 Å². The summed E-state index contributed by atoms with van der Waals surface area (Å²) in [6, 6.07) is 7.62. The van der Waals surface area contributed by atoms with Crippen molar-refractivity contribution >= 4 is 0 Å². The van der Waals surface area contributed by atoms with Gasteiger partial charge in [0.05, 0.1) is 11.5 Å². The minimum Gasteiger partial charge on any atom is -0.317 e. The second-order valence-corrected chi connectivity index (χ2v) is 4.90. The highest BCUT2D eigenvalue weighted by molar-refractivity contribution is 5.26. The summed E-state index contributed by atoms with van der Waals surface area (Å²) in [5, 5.41) is 12.6. The van der Waals surface area contributed by atoms with E-state index < -0.39 is 0 Å². The summed E-state index contributed by atoms with van der Waals surface area (Å²) >= 11 is 0. The van der Waals surface area contributed by atoms with Crippen LogP contribution >= 0.6 is 0 Å². The number of hydrogen-bond acceptors (Lipinski definition) is 2. The van der Waals surface area contributed by atoms with Gasteiger partial charge < -0.3 is 5.32 Å². The van der Waals surface area contributed by atoms with Gasteiger partial charge in [-0.25, -0.2) is 4.39 Å². The van der Waals surface area contributed by atoms with E-state index in [1.54, 1.807) is 13.0 Å². The molecule has 90 valence electrons. The van der Waals surface area contributed by atoms with E-state index in [4.69, 9.17) is 0 Å². The zero-order valence-electron chi connectivity index (χ0n) is 10.1. The number of halogens is 1. The Morgan fingerprint density at radius 2 is 2.12 bits per heavy atom. The van der Waals surface area contributed by atoms with Crippen LogP contribution in [0.2, 0.25) is 0 Å². The smallest absolute Gasteiger partial charge is 0.126 e. The first-order valence-electron chi connectivity index (χ1n) is 6.02. The average Bonchev–Trinajstić information content (AvgIpc) is 2.35. The van der Waals surface area contributed by atoms with E-state index in [-0.39, 0.29) is 11.2 Å². The molecule has 1 aliphatic rings. The molecule has 0 saturated carbocycles. The molecule has 3 heteroatoms. The van der Waals surface area contributed by atoms with Gasteiger partial charge in [-0.15, -0.1) is 0 Å². The van der Waals surface area contributed by atoms with Crippen LogP contribution in [0.5, 0.6) is 0 Å². The summed E-state index contributed by atoms with van der Waals surface area (Å²) in [4.78, 5) is 0. The van der Waals surface area contributed by atoms with Crippen LogP contribution in [-0.2, 0) is 6.42 Å². The predicted octanol–water partition coefficient (Wildman–Crippen LogP) is 2.57. The number of piperidine rings is 1. The molecule has 2 nitrogen and oxygen atoms in total. The third-order valence-electron chi connectivity index (χ3n) is 3.56. The Morgan fingerprint density at radius 3 is 2.71 bits per heavy atom. The number of aryl methyl sites for hydroxylation is 1. The molecule has 1 saturated heterocycles. The summed E-state index contributed by atoms with van der Waals surface area (Å²) in [5.74, 6) is -0.176. The van der Waals surface area contributed by atoms with Crippen LogP contribution in [0.25, 0.3) is 0 Å². The Labute approximate surface area is 101 Å². The molecule has 1 heterocycles.